The van der Waals surface area contributed by atoms with E-state index >= 15 is 0 Å². The van der Waals surface area contributed by atoms with Gasteiger partial charge in [0, 0.05) is 37.8 Å². The third-order valence-electron chi connectivity index (χ3n) is 6.16. The highest BCUT2D eigenvalue weighted by molar-refractivity contribution is 7.89. The van der Waals surface area contributed by atoms with Crippen LogP contribution in [0, 0.1) is 0 Å². The summed E-state index contributed by atoms with van der Waals surface area (Å²) in [5.41, 5.74) is 8.30. The smallest absolute Gasteiger partial charge is 0.259 e. The van der Waals surface area contributed by atoms with E-state index in [2.05, 4.69) is 19.7 Å². The van der Waals surface area contributed by atoms with E-state index < -0.39 is 20.0 Å². The summed E-state index contributed by atoms with van der Waals surface area (Å²) in [6.07, 6.45) is 5.03. The number of aromatic nitrogens is 5. The van der Waals surface area contributed by atoms with Crippen molar-refractivity contribution >= 4 is 47.8 Å². The molecule has 1 aliphatic rings. The lowest BCUT2D eigenvalue weighted by molar-refractivity contribution is 0.272. The number of nitrogen functional groups attached to an aromatic ring is 1. The van der Waals surface area contributed by atoms with Crippen molar-refractivity contribution in [1.82, 2.24) is 33.1 Å². The van der Waals surface area contributed by atoms with E-state index in [1.165, 1.54) is 23.1 Å². The Kier molecular flexibility index (Phi) is 5.78. The van der Waals surface area contributed by atoms with Crippen molar-refractivity contribution in [2.45, 2.75) is 30.5 Å². The number of anilines is 1. The molecule has 0 saturated heterocycles. The molecule has 0 amide bonds. The highest BCUT2D eigenvalue weighted by Gasteiger charge is 2.33. The minimum absolute atomic E-state index is 0.0433. The number of fused-ring (bicyclic) bond motifs is 5. The maximum absolute atomic E-state index is 12.5. The molecule has 14 heteroatoms. The Morgan fingerprint density at radius 3 is 2.66 bits per heavy atom. The van der Waals surface area contributed by atoms with Crippen LogP contribution in [0.25, 0.3) is 21.9 Å². The van der Waals surface area contributed by atoms with Crippen molar-refractivity contribution in [3.63, 3.8) is 0 Å². The summed E-state index contributed by atoms with van der Waals surface area (Å²) in [6, 6.07) is 7.35. The second kappa shape index (κ2) is 8.55. The number of para-hydroxylation sites is 1. The van der Waals surface area contributed by atoms with Crippen LogP contribution in [0.5, 0.6) is 0 Å². The standard InChI is InChI=1S/C21H26N8O4S2/c1-27-12-18(23-13-27)35(32,33)24-9-5-6-14-10-28(34(2,30)31)11-17-26-19-20(29(14)17)15-7-3-4-8-16(15)25-21(19)22/h3-4,7-8,12-14,24H,5-6,9-11H2,1-2H3,(H2,22,25)/t14-/m0/s1. The van der Waals surface area contributed by atoms with Gasteiger partial charge in [0.05, 0.1) is 30.2 Å². The number of imidazole rings is 2. The van der Waals surface area contributed by atoms with Crippen LogP contribution in [-0.4, -0.2) is 64.6 Å². The van der Waals surface area contributed by atoms with Crippen molar-refractivity contribution in [3.05, 3.63) is 42.6 Å². The van der Waals surface area contributed by atoms with E-state index in [1.54, 1.807) is 11.6 Å². The van der Waals surface area contributed by atoms with Gasteiger partial charge >= 0.3 is 0 Å². The molecule has 0 bridgehead atoms. The van der Waals surface area contributed by atoms with Gasteiger partial charge in [-0.1, -0.05) is 18.2 Å². The predicted octanol–water partition coefficient (Wildman–Crippen LogP) is 0.975. The van der Waals surface area contributed by atoms with Crippen LogP contribution in [0.2, 0.25) is 0 Å². The van der Waals surface area contributed by atoms with Crippen molar-refractivity contribution in [3.8, 4) is 0 Å². The van der Waals surface area contributed by atoms with Crippen molar-refractivity contribution in [1.29, 1.82) is 0 Å². The average Bonchev–Trinajstić information content (AvgIpc) is 3.41. The lowest BCUT2D eigenvalue weighted by Gasteiger charge is -2.33. The number of benzene rings is 1. The number of nitrogens with two attached hydrogens (primary N) is 1. The third-order valence-corrected chi connectivity index (χ3v) is 8.72. The number of aryl methyl sites for hydroxylation is 1. The van der Waals surface area contributed by atoms with E-state index in [-0.39, 0.29) is 36.5 Å². The molecule has 0 spiro atoms. The normalized spacial score (nSPS) is 17.3. The van der Waals surface area contributed by atoms with Crippen LogP contribution in [0.1, 0.15) is 24.7 Å². The Bertz CT molecular complexity index is 1640. The molecule has 0 saturated carbocycles. The summed E-state index contributed by atoms with van der Waals surface area (Å²) in [7, 11) is -5.50. The number of hydrogen-bond donors (Lipinski definition) is 2. The summed E-state index contributed by atoms with van der Waals surface area (Å²) < 4.78 is 57.4. The predicted molar refractivity (Wildman–Crippen MR) is 131 cm³/mol. The highest BCUT2D eigenvalue weighted by atomic mass is 32.2. The maximum atomic E-state index is 12.5. The van der Waals surface area contributed by atoms with Gasteiger partial charge in [-0.25, -0.2) is 36.5 Å². The first-order chi connectivity index (χ1) is 16.5. The Morgan fingerprint density at radius 1 is 1.17 bits per heavy atom. The van der Waals surface area contributed by atoms with E-state index in [0.717, 1.165) is 16.4 Å². The number of nitrogens with one attached hydrogen (secondary N) is 1. The Balaban J connectivity index is 1.47. The van der Waals surface area contributed by atoms with E-state index in [1.807, 2.05) is 28.8 Å². The van der Waals surface area contributed by atoms with Gasteiger partial charge < -0.3 is 14.9 Å². The lowest BCUT2D eigenvalue weighted by Crippen LogP contribution is -2.40. The van der Waals surface area contributed by atoms with Gasteiger partial charge in [0.1, 0.15) is 11.3 Å². The molecule has 35 heavy (non-hydrogen) atoms. The van der Waals surface area contributed by atoms with E-state index in [0.29, 0.717) is 24.2 Å². The molecular weight excluding hydrogens is 492 g/mol. The molecule has 1 aromatic carbocycles. The SMILES string of the molecule is Cn1cnc(S(=O)(=O)NCCC[C@H]2CN(S(C)(=O)=O)Cc3nc4c(N)nc5ccccc5c4n32)c1. The zero-order valence-electron chi connectivity index (χ0n) is 19.3. The molecule has 0 unspecified atom stereocenters. The highest BCUT2D eigenvalue weighted by Crippen LogP contribution is 2.36. The van der Waals surface area contributed by atoms with Gasteiger partial charge in [-0.05, 0) is 18.9 Å². The first-order valence-electron chi connectivity index (χ1n) is 11.0. The zero-order valence-corrected chi connectivity index (χ0v) is 20.9. The Hall–Kier alpha value is -3.07. The van der Waals surface area contributed by atoms with Crippen molar-refractivity contribution in [2.75, 3.05) is 25.1 Å². The minimum Gasteiger partial charge on any atom is -0.382 e. The summed E-state index contributed by atoms with van der Waals surface area (Å²) in [5.74, 6) is 0.869. The fourth-order valence-corrected chi connectivity index (χ4v) is 6.38. The molecule has 1 atom stereocenters. The van der Waals surface area contributed by atoms with Crippen molar-refractivity contribution in [2.24, 2.45) is 7.05 Å². The second-order valence-corrected chi connectivity index (χ2v) is 12.4. The van der Waals surface area contributed by atoms with Crippen LogP contribution in [0.15, 0.2) is 41.8 Å². The number of pyridine rings is 1. The molecule has 3 N–H and O–H groups in total. The number of rotatable bonds is 7. The van der Waals surface area contributed by atoms with Crippen LogP contribution < -0.4 is 10.5 Å². The molecular formula is C21H26N8O4S2. The number of nitrogens with zero attached hydrogens (tertiary/aromatic N) is 6. The van der Waals surface area contributed by atoms with Gasteiger partial charge in [-0.2, -0.15) is 4.31 Å². The molecule has 3 aromatic heterocycles. The molecule has 0 aliphatic carbocycles. The summed E-state index contributed by atoms with van der Waals surface area (Å²) in [6.45, 7) is 0.561. The third kappa shape index (κ3) is 4.37. The van der Waals surface area contributed by atoms with Crippen molar-refractivity contribution < 1.29 is 16.8 Å². The van der Waals surface area contributed by atoms with Crippen LogP contribution >= 0.6 is 0 Å². The minimum atomic E-state index is -3.73. The molecule has 186 valence electrons. The van der Waals surface area contributed by atoms with Crippen LogP contribution in [-0.2, 0) is 33.6 Å². The Labute approximate surface area is 202 Å². The second-order valence-electron chi connectivity index (χ2n) is 8.74. The molecule has 12 nitrogen and oxygen atoms in total. The number of hydrogen-bond acceptors (Lipinski definition) is 8. The molecule has 0 fully saturated rings. The molecule has 4 aromatic rings. The summed E-state index contributed by atoms with van der Waals surface area (Å²) in [5, 5.41) is 0.836. The largest absolute Gasteiger partial charge is 0.382 e. The summed E-state index contributed by atoms with van der Waals surface area (Å²) >= 11 is 0. The van der Waals surface area contributed by atoms with Crippen LogP contribution in [0.3, 0.4) is 0 Å². The lowest BCUT2D eigenvalue weighted by atomic mass is 10.1. The quantitative estimate of drug-likeness (QED) is 0.343. The molecule has 1 aliphatic heterocycles. The van der Waals surface area contributed by atoms with Gasteiger partial charge in [-0.15, -0.1) is 0 Å². The fraction of sp³-hybridized carbons (Fsp3) is 0.381. The Morgan fingerprint density at radius 2 is 1.94 bits per heavy atom. The van der Waals surface area contributed by atoms with Gasteiger partial charge in [0.25, 0.3) is 10.0 Å². The number of sulfonamides is 2. The maximum Gasteiger partial charge on any atom is 0.259 e. The van der Waals surface area contributed by atoms with Gasteiger partial charge in [0.2, 0.25) is 10.0 Å². The first-order valence-corrected chi connectivity index (χ1v) is 14.4. The van der Waals surface area contributed by atoms with Crippen LogP contribution in [0.4, 0.5) is 5.82 Å². The molecule has 4 heterocycles. The monoisotopic (exact) mass is 518 g/mol. The topological polar surface area (TPSA) is 158 Å². The van der Waals surface area contributed by atoms with E-state index in [9.17, 15) is 16.8 Å². The summed E-state index contributed by atoms with van der Waals surface area (Å²) in [4.78, 5) is 13.0. The van der Waals surface area contributed by atoms with Gasteiger partial charge in [-0.3, -0.25) is 0 Å². The van der Waals surface area contributed by atoms with Gasteiger partial charge in [0.15, 0.2) is 10.8 Å². The first kappa shape index (κ1) is 23.7. The zero-order chi connectivity index (χ0) is 25.0. The molecule has 5 rings (SSSR count). The average molecular weight is 519 g/mol. The fourth-order valence-electron chi connectivity index (χ4n) is 4.53. The van der Waals surface area contributed by atoms with E-state index in [4.69, 9.17) is 5.73 Å². The molecule has 0 radical (unpaired) electrons.